The van der Waals surface area contributed by atoms with Gasteiger partial charge in [0.05, 0.1) is 5.54 Å². The normalized spacial score (nSPS) is 40.2. The zero-order chi connectivity index (χ0) is 17.9. The summed E-state index contributed by atoms with van der Waals surface area (Å²) in [6, 6.07) is 8.64. The van der Waals surface area contributed by atoms with Crippen LogP contribution in [0, 0.1) is 11.8 Å². The van der Waals surface area contributed by atoms with E-state index in [9.17, 15) is 4.79 Å². The van der Waals surface area contributed by atoms with Gasteiger partial charge in [0.25, 0.3) is 0 Å². The van der Waals surface area contributed by atoms with E-state index in [-0.39, 0.29) is 16.5 Å². The van der Waals surface area contributed by atoms with Crippen LogP contribution in [0.4, 0.5) is 0 Å². The van der Waals surface area contributed by atoms with Gasteiger partial charge in [-0.25, -0.2) is 0 Å². The van der Waals surface area contributed by atoms with Gasteiger partial charge in [0.2, 0.25) is 5.91 Å². The molecular formula is C22H27N3O. The maximum atomic E-state index is 13.3. The standard InChI is InChI=1S/C22H27N3O/c1-13-8-9-25-12-21-10-15-14-6-4-5-7-16(14)23-18(15)20(2,3)17(21)11-22(13,25)19(26)24-21/h4-7,13,17,23H,8-12H2,1-3H3,(H,24,26). The van der Waals surface area contributed by atoms with Gasteiger partial charge in [0.15, 0.2) is 0 Å². The van der Waals surface area contributed by atoms with Crippen LogP contribution in [0.5, 0.6) is 0 Å². The number of aromatic amines is 1. The molecule has 5 aliphatic rings. The summed E-state index contributed by atoms with van der Waals surface area (Å²) in [5.74, 6) is 1.22. The topological polar surface area (TPSA) is 48.1 Å². The number of aromatic nitrogens is 1. The minimum absolute atomic E-state index is 0.0295. The van der Waals surface area contributed by atoms with Crippen LogP contribution in [0.2, 0.25) is 0 Å². The number of carbonyl (C=O) groups excluding carboxylic acids is 1. The van der Waals surface area contributed by atoms with Gasteiger partial charge in [-0.15, -0.1) is 0 Å². The monoisotopic (exact) mass is 349 g/mol. The van der Waals surface area contributed by atoms with Crippen LogP contribution in [0.25, 0.3) is 10.9 Å². The molecular weight excluding hydrogens is 322 g/mol. The molecule has 5 heterocycles. The number of benzene rings is 1. The predicted molar refractivity (Wildman–Crippen MR) is 102 cm³/mol. The van der Waals surface area contributed by atoms with Crippen LogP contribution >= 0.6 is 0 Å². The molecule has 1 aromatic carbocycles. The third-order valence-corrected chi connectivity index (χ3v) is 8.44. The Morgan fingerprint density at radius 1 is 1.23 bits per heavy atom. The summed E-state index contributed by atoms with van der Waals surface area (Å²) in [5, 5.41) is 4.91. The Bertz CT molecular complexity index is 959. The summed E-state index contributed by atoms with van der Waals surface area (Å²) in [5.41, 5.74) is 3.68. The largest absolute Gasteiger partial charge is 0.358 e. The molecule has 136 valence electrons. The van der Waals surface area contributed by atoms with Gasteiger partial charge in [-0.2, -0.15) is 0 Å². The first-order valence-electron chi connectivity index (χ1n) is 10.1. The van der Waals surface area contributed by atoms with Gasteiger partial charge in [0.1, 0.15) is 5.54 Å². The predicted octanol–water partition coefficient (Wildman–Crippen LogP) is 2.97. The lowest BCUT2D eigenvalue weighted by Crippen LogP contribution is -2.83. The molecule has 2 bridgehead atoms. The number of H-pyrrole nitrogens is 1. The summed E-state index contributed by atoms with van der Waals surface area (Å²) in [6.45, 7) is 9.14. The smallest absolute Gasteiger partial charge is 0.241 e. The average Bonchev–Trinajstić information content (AvgIpc) is 3.14. The van der Waals surface area contributed by atoms with Gasteiger partial charge >= 0.3 is 0 Å². The molecule has 1 aromatic heterocycles. The molecule has 2 aromatic rings. The fraction of sp³-hybridized carbons (Fsp3) is 0.591. The molecule has 26 heavy (non-hydrogen) atoms. The maximum absolute atomic E-state index is 13.3. The molecule has 4 atom stereocenters. The highest BCUT2D eigenvalue weighted by atomic mass is 16.2. The fourth-order valence-corrected chi connectivity index (χ4v) is 7.12. The zero-order valence-electron chi connectivity index (χ0n) is 15.9. The zero-order valence-corrected chi connectivity index (χ0v) is 15.9. The van der Waals surface area contributed by atoms with Crippen LogP contribution in [0.1, 0.15) is 44.9 Å². The number of nitrogens with zero attached hydrogens (tertiary/aromatic N) is 1. The molecule has 4 saturated heterocycles. The van der Waals surface area contributed by atoms with Crippen molar-refractivity contribution in [3.63, 3.8) is 0 Å². The first-order valence-corrected chi connectivity index (χ1v) is 10.1. The summed E-state index contributed by atoms with van der Waals surface area (Å²) in [4.78, 5) is 19.6. The first kappa shape index (κ1) is 15.3. The first-order chi connectivity index (χ1) is 12.4. The van der Waals surface area contributed by atoms with Crippen molar-refractivity contribution in [3.8, 4) is 0 Å². The lowest BCUT2D eigenvalue weighted by Gasteiger charge is -2.66. The van der Waals surface area contributed by atoms with Gasteiger partial charge in [-0.05, 0) is 49.3 Å². The van der Waals surface area contributed by atoms with Crippen LogP contribution < -0.4 is 5.32 Å². The molecule has 2 spiro atoms. The number of piperazine rings is 1. The van der Waals surface area contributed by atoms with Crippen molar-refractivity contribution >= 4 is 16.8 Å². The average molecular weight is 349 g/mol. The number of piperidine rings is 2. The van der Waals surface area contributed by atoms with Gasteiger partial charge in [-0.3, -0.25) is 9.69 Å². The van der Waals surface area contributed by atoms with Crippen LogP contribution in [0.3, 0.4) is 0 Å². The summed E-state index contributed by atoms with van der Waals surface area (Å²) in [7, 11) is 0. The minimum atomic E-state index is -0.271. The number of nitrogens with one attached hydrogen (secondary N) is 2. The molecule has 0 saturated carbocycles. The minimum Gasteiger partial charge on any atom is -0.358 e. The van der Waals surface area contributed by atoms with E-state index in [0.717, 1.165) is 32.4 Å². The van der Waals surface area contributed by atoms with Crippen molar-refractivity contribution in [1.29, 1.82) is 0 Å². The quantitative estimate of drug-likeness (QED) is 0.768. The van der Waals surface area contributed by atoms with E-state index in [1.165, 1.54) is 22.2 Å². The van der Waals surface area contributed by atoms with Gasteiger partial charge in [-0.1, -0.05) is 39.0 Å². The highest BCUT2D eigenvalue weighted by molar-refractivity contribution is 5.91. The van der Waals surface area contributed by atoms with Crippen molar-refractivity contribution in [2.45, 2.75) is 56.5 Å². The van der Waals surface area contributed by atoms with E-state index in [1.807, 2.05) is 0 Å². The van der Waals surface area contributed by atoms with E-state index in [4.69, 9.17) is 0 Å². The molecule has 1 amide bonds. The van der Waals surface area contributed by atoms with Crippen LogP contribution in [-0.4, -0.2) is 40.0 Å². The number of hydrogen-bond acceptors (Lipinski definition) is 2. The van der Waals surface area contributed by atoms with Crippen molar-refractivity contribution in [3.05, 3.63) is 35.5 Å². The number of para-hydroxylation sites is 1. The Morgan fingerprint density at radius 2 is 2.04 bits per heavy atom. The van der Waals surface area contributed by atoms with E-state index >= 15 is 0 Å². The highest BCUT2D eigenvalue weighted by Crippen LogP contribution is 2.59. The van der Waals surface area contributed by atoms with Crippen molar-refractivity contribution in [2.24, 2.45) is 11.8 Å². The van der Waals surface area contributed by atoms with Crippen molar-refractivity contribution < 1.29 is 4.79 Å². The summed E-state index contributed by atoms with van der Waals surface area (Å²) in [6.07, 6.45) is 3.10. The Kier molecular flexibility index (Phi) is 2.56. The molecule has 4 aliphatic heterocycles. The maximum Gasteiger partial charge on any atom is 0.241 e. The van der Waals surface area contributed by atoms with Gasteiger partial charge < -0.3 is 10.3 Å². The number of hydrogen-bond donors (Lipinski definition) is 2. The fourth-order valence-electron chi connectivity index (χ4n) is 7.12. The Hall–Kier alpha value is -1.81. The molecule has 7 rings (SSSR count). The second-order valence-corrected chi connectivity index (χ2v) is 9.83. The molecule has 0 radical (unpaired) electrons. The molecule has 4 fully saturated rings. The second-order valence-electron chi connectivity index (χ2n) is 9.83. The summed E-state index contributed by atoms with van der Waals surface area (Å²) < 4.78 is 0. The Morgan fingerprint density at radius 3 is 2.88 bits per heavy atom. The van der Waals surface area contributed by atoms with Crippen molar-refractivity contribution in [1.82, 2.24) is 15.2 Å². The van der Waals surface area contributed by atoms with E-state index in [2.05, 4.69) is 60.2 Å². The SMILES string of the molecule is CC1CCN2CC34Cc5c([nH]c6ccccc56)C(C)(C)C3CC12C(=O)N4. The van der Waals surface area contributed by atoms with Gasteiger partial charge in [0, 0.05) is 28.6 Å². The number of rotatable bonds is 0. The third-order valence-electron chi connectivity index (χ3n) is 8.44. The third kappa shape index (κ3) is 1.47. The van der Waals surface area contributed by atoms with E-state index in [0.29, 0.717) is 17.7 Å². The Balaban J connectivity index is 1.59. The molecule has 2 N–H and O–H groups in total. The molecule has 4 unspecified atom stereocenters. The molecule has 4 nitrogen and oxygen atoms in total. The lowest BCUT2D eigenvalue weighted by molar-refractivity contribution is -0.164. The van der Waals surface area contributed by atoms with Crippen LogP contribution in [0.15, 0.2) is 24.3 Å². The molecule has 4 heteroatoms. The summed E-state index contributed by atoms with van der Waals surface area (Å²) >= 11 is 0. The van der Waals surface area contributed by atoms with E-state index in [1.54, 1.807) is 0 Å². The number of fused-ring (bicyclic) bond motifs is 4. The second kappa shape index (κ2) is 4.36. The Labute approximate surface area is 154 Å². The molecule has 1 aliphatic carbocycles. The number of carbonyl (C=O) groups is 1. The van der Waals surface area contributed by atoms with Crippen LogP contribution in [-0.2, 0) is 16.6 Å². The highest BCUT2D eigenvalue weighted by Gasteiger charge is 2.70. The van der Waals surface area contributed by atoms with E-state index < -0.39 is 0 Å². The van der Waals surface area contributed by atoms with Crippen molar-refractivity contribution in [2.75, 3.05) is 13.1 Å². The number of amides is 1. The lowest BCUT2D eigenvalue weighted by atomic mass is 9.51.